The first-order chi connectivity index (χ1) is 13.6. The third kappa shape index (κ3) is 5.83. The van der Waals surface area contributed by atoms with Crippen molar-refractivity contribution in [1.82, 2.24) is 10.2 Å². The van der Waals surface area contributed by atoms with Crippen LogP contribution in [0.5, 0.6) is 0 Å². The van der Waals surface area contributed by atoms with E-state index in [1.165, 1.54) is 5.56 Å². The van der Waals surface area contributed by atoms with Crippen molar-refractivity contribution in [3.8, 4) is 0 Å². The van der Waals surface area contributed by atoms with E-state index in [0.717, 1.165) is 23.4 Å². The lowest BCUT2D eigenvalue weighted by Crippen LogP contribution is -2.46. The average molecular weight is 399 g/mol. The Morgan fingerprint density at radius 3 is 2.61 bits per heavy atom. The van der Waals surface area contributed by atoms with Crippen LogP contribution in [0, 0.1) is 5.92 Å². The fourth-order valence-corrected chi connectivity index (χ4v) is 3.86. The van der Waals surface area contributed by atoms with Gasteiger partial charge < -0.3 is 10.2 Å². The van der Waals surface area contributed by atoms with E-state index >= 15 is 0 Å². The minimum Gasteiger partial charge on any atom is -0.355 e. The predicted molar refractivity (Wildman–Crippen MR) is 112 cm³/mol. The summed E-state index contributed by atoms with van der Waals surface area (Å²) in [6.07, 6.45) is 3.65. The van der Waals surface area contributed by atoms with Gasteiger partial charge >= 0.3 is 0 Å². The van der Waals surface area contributed by atoms with Gasteiger partial charge in [-0.15, -0.1) is 0 Å². The van der Waals surface area contributed by atoms with Gasteiger partial charge in [-0.2, -0.15) is 0 Å². The molecule has 4 nitrogen and oxygen atoms in total. The molecule has 5 heteroatoms. The van der Waals surface area contributed by atoms with E-state index in [2.05, 4.69) is 17.4 Å². The Balaban J connectivity index is 1.43. The third-order valence-corrected chi connectivity index (χ3v) is 5.63. The molecule has 1 fully saturated rings. The number of piperidine rings is 1. The lowest BCUT2D eigenvalue weighted by atomic mass is 9.96. The number of carbonyl (C=O) groups excluding carboxylic acids is 2. The largest absolute Gasteiger partial charge is 0.355 e. The Kier molecular flexibility index (Phi) is 7.49. The molecule has 1 aliphatic rings. The number of halogens is 1. The molecule has 148 valence electrons. The minimum atomic E-state index is -0.124. The molecule has 3 rings (SSSR count). The van der Waals surface area contributed by atoms with Crippen molar-refractivity contribution in [3.63, 3.8) is 0 Å². The third-order valence-electron chi connectivity index (χ3n) is 5.26. The quantitative estimate of drug-likeness (QED) is 0.733. The van der Waals surface area contributed by atoms with Crippen LogP contribution in [0.25, 0.3) is 0 Å². The lowest BCUT2D eigenvalue weighted by Gasteiger charge is -2.32. The Bertz CT molecular complexity index is 794. The highest BCUT2D eigenvalue weighted by atomic mass is 35.5. The van der Waals surface area contributed by atoms with Gasteiger partial charge in [0, 0.05) is 31.1 Å². The summed E-state index contributed by atoms with van der Waals surface area (Å²) in [6, 6.07) is 18.0. The van der Waals surface area contributed by atoms with Crippen molar-refractivity contribution >= 4 is 23.4 Å². The maximum atomic E-state index is 12.5. The molecule has 1 aliphatic heterocycles. The minimum absolute atomic E-state index is 0.0348. The molecule has 0 unspecified atom stereocenters. The van der Waals surface area contributed by atoms with Gasteiger partial charge in [-0.1, -0.05) is 60.1 Å². The van der Waals surface area contributed by atoms with Gasteiger partial charge in [-0.3, -0.25) is 9.59 Å². The van der Waals surface area contributed by atoms with Gasteiger partial charge in [-0.25, -0.2) is 0 Å². The van der Waals surface area contributed by atoms with Crippen LogP contribution in [-0.2, 0) is 22.4 Å². The molecule has 1 N–H and O–H groups in total. The summed E-state index contributed by atoms with van der Waals surface area (Å²) >= 11 is 6.16. The molecule has 28 heavy (non-hydrogen) atoms. The van der Waals surface area contributed by atoms with E-state index in [1.54, 1.807) is 0 Å². The number of hydrogen-bond acceptors (Lipinski definition) is 2. The Morgan fingerprint density at radius 1 is 1.07 bits per heavy atom. The predicted octanol–water partition coefficient (Wildman–Crippen LogP) is 3.87. The second kappa shape index (κ2) is 10.3. The fraction of sp³-hybridized carbons (Fsp3) is 0.391. The van der Waals surface area contributed by atoms with E-state index in [0.29, 0.717) is 38.9 Å². The highest BCUT2D eigenvalue weighted by Gasteiger charge is 2.29. The SMILES string of the molecule is O=C(NCCc1ccccc1Cl)[C@@H]1CCC(=O)N(CCCc2ccccc2)C1. The second-order valence-corrected chi connectivity index (χ2v) is 7.70. The monoisotopic (exact) mass is 398 g/mol. The molecular formula is C23H27ClN2O2. The topological polar surface area (TPSA) is 49.4 Å². The van der Waals surface area contributed by atoms with Gasteiger partial charge in [0.1, 0.15) is 0 Å². The first-order valence-electron chi connectivity index (χ1n) is 9.96. The molecular weight excluding hydrogens is 372 g/mol. The van der Waals surface area contributed by atoms with E-state index in [1.807, 2.05) is 47.4 Å². The molecule has 1 atom stereocenters. The van der Waals surface area contributed by atoms with Crippen molar-refractivity contribution in [2.45, 2.75) is 32.1 Å². The summed E-state index contributed by atoms with van der Waals surface area (Å²) in [5, 5.41) is 3.74. The molecule has 2 aromatic carbocycles. The Hall–Kier alpha value is -2.33. The zero-order chi connectivity index (χ0) is 19.8. The number of aryl methyl sites for hydroxylation is 1. The van der Waals surface area contributed by atoms with Crippen LogP contribution >= 0.6 is 11.6 Å². The van der Waals surface area contributed by atoms with Crippen molar-refractivity contribution in [1.29, 1.82) is 0 Å². The van der Waals surface area contributed by atoms with Crippen LogP contribution in [-0.4, -0.2) is 36.3 Å². The van der Waals surface area contributed by atoms with E-state index in [-0.39, 0.29) is 17.7 Å². The van der Waals surface area contributed by atoms with Gasteiger partial charge in [0.15, 0.2) is 0 Å². The van der Waals surface area contributed by atoms with Gasteiger partial charge in [-0.05, 0) is 42.9 Å². The van der Waals surface area contributed by atoms with Crippen molar-refractivity contribution in [3.05, 3.63) is 70.7 Å². The first-order valence-corrected chi connectivity index (χ1v) is 10.3. The molecule has 2 amide bonds. The maximum absolute atomic E-state index is 12.5. The summed E-state index contributed by atoms with van der Waals surface area (Å²) < 4.78 is 0. The van der Waals surface area contributed by atoms with Crippen molar-refractivity contribution < 1.29 is 9.59 Å². The number of rotatable bonds is 8. The maximum Gasteiger partial charge on any atom is 0.224 e. The summed E-state index contributed by atoms with van der Waals surface area (Å²) in [5.41, 5.74) is 2.31. The molecule has 0 radical (unpaired) electrons. The highest BCUT2D eigenvalue weighted by Crippen LogP contribution is 2.19. The molecule has 0 saturated carbocycles. The van der Waals surface area contributed by atoms with Crippen LogP contribution in [0.4, 0.5) is 0 Å². The Labute approximate surface area is 171 Å². The van der Waals surface area contributed by atoms with E-state index < -0.39 is 0 Å². The number of carbonyl (C=O) groups is 2. The summed E-state index contributed by atoms with van der Waals surface area (Å²) in [7, 11) is 0. The second-order valence-electron chi connectivity index (χ2n) is 7.30. The first kappa shape index (κ1) is 20.4. The van der Waals surface area contributed by atoms with Gasteiger partial charge in [0.2, 0.25) is 11.8 Å². The molecule has 1 saturated heterocycles. The van der Waals surface area contributed by atoms with Crippen LogP contribution < -0.4 is 5.32 Å². The summed E-state index contributed by atoms with van der Waals surface area (Å²) in [6.45, 7) is 1.78. The number of amides is 2. The molecule has 0 spiro atoms. The smallest absolute Gasteiger partial charge is 0.224 e. The summed E-state index contributed by atoms with van der Waals surface area (Å²) in [4.78, 5) is 26.6. The fourth-order valence-electron chi connectivity index (χ4n) is 3.63. The average Bonchev–Trinajstić information content (AvgIpc) is 2.71. The summed E-state index contributed by atoms with van der Waals surface area (Å²) in [5.74, 6) is 0.0708. The van der Waals surface area contributed by atoms with E-state index in [4.69, 9.17) is 11.6 Å². The molecule has 1 heterocycles. The number of benzene rings is 2. The van der Waals surface area contributed by atoms with Crippen LogP contribution in [0.15, 0.2) is 54.6 Å². The highest BCUT2D eigenvalue weighted by molar-refractivity contribution is 6.31. The Morgan fingerprint density at radius 2 is 1.82 bits per heavy atom. The van der Waals surface area contributed by atoms with Gasteiger partial charge in [0.25, 0.3) is 0 Å². The number of likely N-dealkylation sites (tertiary alicyclic amines) is 1. The number of hydrogen-bond donors (Lipinski definition) is 1. The van der Waals surface area contributed by atoms with E-state index in [9.17, 15) is 9.59 Å². The molecule has 2 aromatic rings. The number of nitrogens with zero attached hydrogens (tertiary/aromatic N) is 1. The standard InChI is InChI=1S/C23H27ClN2O2/c24-21-11-5-4-10-19(21)14-15-25-23(28)20-12-13-22(27)26(17-20)16-6-9-18-7-2-1-3-8-18/h1-5,7-8,10-11,20H,6,9,12-17H2,(H,25,28)/t20-/m1/s1. The van der Waals surface area contributed by atoms with Crippen molar-refractivity contribution in [2.24, 2.45) is 5.92 Å². The van der Waals surface area contributed by atoms with Crippen LogP contribution in [0.3, 0.4) is 0 Å². The molecule has 0 aliphatic carbocycles. The number of nitrogens with one attached hydrogen (secondary N) is 1. The van der Waals surface area contributed by atoms with Crippen molar-refractivity contribution in [2.75, 3.05) is 19.6 Å². The lowest BCUT2D eigenvalue weighted by molar-refractivity contribution is -0.138. The van der Waals surface area contributed by atoms with Gasteiger partial charge in [0.05, 0.1) is 5.92 Å². The van der Waals surface area contributed by atoms with Crippen LogP contribution in [0.2, 0.25) is 5.02 Å². The zero-order valence-electron chi connectivity index (χ0n) is 16.1. The van der Waals surface area contributed by atoms with Crippen LogP contribution in [0.1, 0.15) is 30.4 Å². The normalized spacial score (nSPS) is 16.8. The molecule has 0 bridgehead atoms. The zero-order valence-corrected chi connectivity index (χ0v) is 16.8. The molecule has 0 aromatic heterocycles.